The van der Waals surface area contributed by atoms with Crippen molar-refractivity contribution in [1.82, 2.24) is 4.90 Å². The summed E-state index contributed by atoms with van der Waals surface area (Å²) in [5.41, 5.74) is 0. The topological polar surface area (TPSA) is 20.3 Å². The third kappa shape index (κ3) is 1.80. The summed E-state index contributed by atoms with van der Waals surface area (Å²) >= 11 is 3.43. The molecule has 0 spiro atoms. The minimum Gasteiger partial charge on any atom is -0.338 e. The number of nitrogens with zero attached hydrogens (tertiary/aromatic N) is 1. The molecule has 0 aromatic rings. The average Bonchev–Trinajstić information content (AvgIpc) is 2.62. The fourth-order valence-electron chi connectivity index (χ4n) is 2.07. The van der Waals surface area contributed by atoms with Crippen LogP contribution in [0.3, 0.4) is 0 Å². The van der Waals surface area contributed by atoms with Gasteiger partial charge in [-0.3, -0.25) is 4.79 Å². The number of likely N-dealkylation sites (tertiary alicyclic amines) is 1. The molecule has 1 saturated heterocycles. The molecule has 1 amide bonds. The minimum absolute atomic E-state index is 0.0712. The Balaban J connectivity index is 2.01. The number of carbonyl (C=O) groups is 1. The van der Waals surface area contributed by atoms with Crippen molar-refractivity contribution >= 4 is 21.8 Å². The molecule has 2 rings (SSSR count). The van der Waals surface area contributed by atoms with Gasteiger partial charge in [0.2, 0.25) is 5.91 Å². The molecule has 3 heteroatoms. The predicted molar refractivity (Wildman–Crippen MR) is 55.8 cm³/mol. The molecule has 1 fully saturated rings. The van der Waals surface area contributed by atoms with Crippen LogP contribution in [0.5, 0.6) is 0 Å². The number of amides is 1. The van der Waals surface area contributed by atoms with E-state index in [4.69, 9.17) is 0 Å². The highest BCUT2D eigenvalue weighted by Crippen LogP contribution is 2.25. The molecule has 1 heterocycles. The van der Waals surface area contributed by atoms with Gasteiger partial charge < -0.3 is 4.90 Å². The maximum absolute atomic E-state index is 11.8. The standard InChI is InChI=1S/C10H14BrNO/c11-9-6-3-7-12(10(9)13)8-4-1-2-5-8/h1-2,8-9H,3-7H2. The summed E-state index contributed by atoms with van der Waals surface area (Å²) in [5, 5.41) is 0. The quantitative estimate of drug-likeness (QED) is 0.511. The second kappa shape index (κ2) is 3.82. The molecular formula is C10H14BrNO. The van der Waals surface area contributed by atoms with Gasteiger partial charge in [-0.1, -0.05) is 28.1 Å². The van der Waals surface area contributed by atoms with Crippen molar-refractivity contribution < 1.29 is 4.79 Å². The molecular weight excluding hydrogens is 230 g/mol. The summed E-state index contributed by atoms with van der Waals surface area (Å²) in [7, 11) is 0. The van der Waals surface area contributed by atoms with Crippen molar-refractivity contribution in [1.29, 1.82) is 0 Å². The van der Waals surface area contributed by atoms with E-state index in [2.05, 4.69) is 28.1 Å². The van der Waals surface area contributed by atoms with Gasteiger partial charge in [-0.2, -0.15) is 0 Å². The maximum Gasteiger partial charge on any atom is 0.236 e. The van der Waals surface area contributed by atoms with E-state index in [1.165, 1.54) is 0 Å². The van der Waals surface area contributed by atoms with E-state index in [0.29, 0.717) is 11.9 Å². The van der Waals surface area contributed by atoms with Gasteiger partial charge in [0, 0.05) is 12.6 Å². The highest BCUT2D eigenvalue weighted by Gasteiger charge is 2.31. The first-order valence-corrected chi connectivity index (χ1v) is 5.80. The molecule has 1 unspecified atom stereocenters. The van der Waals surface area contributed by atoms with Crippen LogP contribution in [0.4, 0.5) is 0 Å². The summed E-state index contributed by atoms with van der Waals surface area (Å²) in [5.74, 6) is 0.292. The Morgan fingerprint density at radius 1 is 1.38 bits per heavy atom. The zero-order chi connectivity index (χ0) is 9.26. The minimum atomic E-state index is 0.0712. The largest absolute Gasteiger partial charge is 0.338 e. The lowest BCUT2D eigenvalue weighted by Gasteiger charge is -2.34. The van der Waals surface area contributed by atoms with Gasteiger partial charge in [0.25, 0.3) is 0 Å². The van der Waals surface area contributed by atoms with E-state index in [1.54, 1.807) is 0 Å². The van der Waals surface area contributed by atoms with E-state index in [0.717, 1.165) is 32.2 Å². The normalized spacial score (nSPS) is 30.1. The number of piperidine rings is 1. The molecule has 1 aliphatic heterocycles. The predicted octanol–water partition coefficient (Wildman–Crippen LogP) is 2.09. The smallest absolute Gasteiger partial charge is 0.236 e. The van der Waals surface area contributed by atoms with Crippen LogP contribution in [0.1, 0.15) is 25.7 Å². The van der Waals surface area contributed by atoms with E-state index < -0.39 is 0 Å². The Labute approximate surface area is 87.1 Å². The van der Waals surface area contributed by atoms with Crippen LogP contribution in [-0.4, -0.2) is 28.2 Å². The average molecular weight is 244 g/mol. The maximum atomic E-state index is 11.8. The van der Waals surface area contributed by atoms with Gasteiger partial charge in [-0.25, -0.2) is 0 Å². The molecule has 72 valence electrons. The Morgan fingerprint density at radius 2 is 2.08 bits per heavy atom. The van der Waals surface area contributed by atoms with Crippen LogP contribution in [0.2, 0.25) is 0 Å². The van der Waals surface area contributed by atoms with Crippen LogP contribution in [0.25, 0.3) is 0 Å². The van der Waals surface area contributed by atoms with E-state index in [1.807, 2.05) is 4.90 Å². The molecule has 0 aromatic carbocycles. The van der Waals surface area contributed by atoms with Crippen LogP contribution in [-0.2, 0) is 4.79 Å². The van der Waals surface area contributed by atoms with Crippen molar-refractivity contribution in [2.24, 2.45) is 0 Å². The van der Waals surface area contributed by atoms with Crippen molar-refractivity contribution in [3.8, 4) is 0 Å². The van der Waals surface area contributed by atoms with E-state index in [-0.39, 0.29) is 4.83 Å². The number of alkyl halides is 1. The van der Waals surface area contributed by atoms with Gasteiger partial charge >= 0.3 is 0 Å². The zero-order valence-electron chi connectivity index (χ0n) is 7.58. The van der Waals surface area contributed by atoms with Crippen LogP contribution in [0, 0.1) is 0 Å². The summed E-state index contributed by atoms with van der Waals surface area (Å²) in [6, 6.07) is 0.452. The second-order valence-corrected chi connectivity index (χ2v) is 4.84. The molecule has 2 aliphatic rings. The Kier molecular flexibility index (Phi) is 2.72. The zero-order valence-corrected chi connectivity index (χ0v) is 9.16. The van der Waals surface area contributed by atoms with Gasteiger partial charge in [0.05, 0.1) is 4.83 Å². The number of hydrogen-bond donors (Lipinski definition) is 0. The van der Waals surface area contributed by atoms with Gasteiger partial charge in [-0.05, 0) is 25.7 Å². The molecule has 0 saturated carbocycles. The Hall–Kier alpha value is -0.310. The number of halogens is 1. The summed E-state index contributed by atoms with van der Waals surface area (Å²) in [4.78, 5) is 13.9. The van der Waals surface area contributed by atoms with Crippen molar-refractivity contribution in [3.63, 3.8) is 0 Å². The van der Waals surface area contributed by atoms with Crippen LogP contribution >= 0.6 is 15.9 Å². The fraction of sp³-hybridized carbons (Fsp3) is 0.700. The van der Waals surface area contributed by atoms with E-state index in [9.17, 15) is 4.79 Å². The summed E-state index contributed by atoms with van der Waals surface area (Å²) in [6.45, 7) is 0.952. The lowest BCUT2D eigenvalue weighted by Crippen LogP contribution is -2.46. The summed E-state index contributed by atoms with van der Waals surface area (Å²) < 4.78 is 0. The number of rotatable bonds is 1. The molecule has 2 nitrogen and oxygen atoms in total. The van der Waals surface area contributed by atoms with Gasteiger partial charge in [0.1, 0.15) is 0 Å². The van der Waals surface area contributed by atoms with Gasteiger partial charge in [0.15, 0.2) is 0 Å². The molecule has 0 radical (unpaired) electrons. The van der Waals surface area contributed by atoms with Crippen LogP contribution in [0.15, 0.2) is 12.2 Å². The molecule has 13 heavy (non-hydrogen) atoms. The first-order valence-electron chi connectivity index (χ1n) is 4.88. The molecule has 0 N–H and O–H groups in total. The lowest BCUT2D eigenvalue weighted by molar-refractivity contribution is -0.134. The van der Waals surface area contributed by atoms with Crippen LogP contribution < -0.4 is 0 Å². The highest BCUT2D eigenvalue weighted by molar-refractivity contribution is 9.10. The number of carbonyl (C=O) groups excluding carboxylic acids is 1. The number of hydrogen-bond acceptors (Lipinski definition) is 1. The molecule has 1 aliphatic carbocycles. The van der Waals surface area contributed by atoms with Crippen molar-refractivity contribution in [2.45, 2.75) is 36.6 Å². The summed E-state index contributed by atoms with van der Waals surface area (Å²) in [6.07, 6.45) is 8.58. The fourth-order valence-corrected chi connectivity index (χ4v) is 2.66. The second-order valence-electron chi connectivity index (χ2n) is 3.74. The molecule has 0 bridgehead atoms. The van der Waals surface area contributed by atoms with Crippen molar-refractivity contribution in [3.05, 3.63) is 12.2 Å². The SMILES string of the molecule is O=C1C(Br)CCCN1C1CC=CC1. The first kappa shape index (κ1) is 9.25. The molecule has 0 aromatic heterocycles. The van der Waals surface area contributed by atoms with Gasteiger partial charge in [-0.15, -0.1) is 0 Å². The first-order chi connectivity index (χ1) is 6.29. The Morgan fingerprint density at radius 3 is 2.77 bits per heavy atom. The Bertz CT molecular complexity index is 231. The van der Waals surface area contributed by atoms with E-state index >= 15 is 0 Å². The highest BCUT2D eigenvalue weighted by atomic mass is 79.9. The van der Waals surface area contributed by atoms with Crippen molar-refractivity contribution in [2.75, 3.05) is 6.54 Å². The molecule has 1 atom stereocenters. The lowest BCUT2D eigenvalue weighted by atomic mass is 10.1. The third-order valence-electron chi connectivity index (χ3n) is 2.83. The monoisotopic (exact) mass is 243 g/mol. The third-order valence-corrected chi connectivity index (χ3v) is 3.68.